The minimum Gasteiger partial charge on any atom is -0.393 e. The number of hydrogen-bond acceptors (Lipinski definition) is 3. The summed E-state index contributed by atoms with van der Waals surface area (Å²) in [7, 11) is 0. The van der Waals surface area contributed by atoms with Crippen molar-refractivity contribution in [3.63, 3.8) is 0 Å². The average molecular weight is 338 g/mol. The van der Waals surface area contributed by atoms with E-state index in [4.69, 9.17) is 4.74 Å². The zero-order chi connectivity index (χ0) is 18.1. The number of hydrogen-bond donors (Lipinski definition) is 0. The molecule has 0 saturated carbocycles. The van der Waals surface area contributed by atoms with Crippen molar-refractivity contribution in [2.75, 3.05) is 0 Å². The molecule has 0 heterocycles. The first-order chi connectivity index (χ1) is 12.1. The summed E-state index contributed by atoms with van der Waals surface area (Å²) in [6, 6.07) is 19.8. The number of esters is 2. The highest BCUT2D eigenvalue weighted by atomic mass is 16.6. The molecule has 2 rings (SSSR count). The summed E-state index contributed by atoms with van der Waals surface area (Å²) in [5.74, 6) is -0.720. The molecule has 0 amide bonds. The highest BCUT2D eigenvalue weighted by molar-refractivity contribution is 5.86. The van der Waals surface area contributed by atoms with Crippen LogP contribution in [0.15, 0.2) is 60.7 Å². The Balaban J connectivity index is 1.90. The predicted octanol–water partition coefficient (Wildman–Crippen LogP) is 5.22. The van der Waals surface area contributed by atoms with Crippen LogP contribution < -0.4 is 0 Å². The van der Waals surface area contributed by atoms with Crippen molar-refractivity contribution in [3.05, 3.63) is 71.8 Å². The van der Waals surface area contributed by atoms with Crippen LogP contribution in [0, 0.1) is 0 Å². The highest BCUT2D eigenvalue weighted by Gasteiger charge is 2.20. The van der Waals surface area contributed by atoms with Gasteiger partial charge >= 0.3 is 11.9 Å². The summed E-state index contributed by atoms with van der Waals surface area (Å²) in [4.78, 5) is 24.3. The number of carbonyl (C=O) groups is 2. The third-order valence-electron chi connectivity index (χ3n) is 4.58. The van der Waals surface area contributed by atoms with Gasteiger partial charge in [0, 0.05) is 0 Å². The van der Waals surface area contributed by atoms with Crippen molar-refractivity contribution in [2.45, 2.75) is 51.4 Å². The third kappa shape index (κ3) is 5.86. The van der Waals surface area contributed by atoms with Crippen LogP contribution in [0.2, 0.25) is 0 Å². The second-order valence-corrected chi connectivity index (χ2v) is 6.29. The zero-order valence-corrected chi connectivity index (χ0v) is 15.0. The van der Waals surface area contributed by atoms with Gasteiger partial charge in [0.25, 0.3) is 0 Å². The van der Waals surface area contributed by atoms with Gasteiger partial charge in [-0.25, -0.2) is 0 Å². The molecule has 3 nitrogen and oxygen atoms in total. The van der Waals surface area contributed by atoms with E-state index in [-0.39, 0.29) is 24.7 Å². The molecule has 25 heavy (non-hydrogen) atoms. The smallest absolute Gasteiger partial charge is 0.314 e. The highest BCUT2D eigenvalue weighted by Crippen LogP contribution is 2.25. The van der Waals surface area contributed by atoms with Crippen LogP contribution in [0.5, 0.6) is 0 Å². The van der Waals surface area contributed by atoms with Crippen LogP contribution in [-0.4, -0.2) is 11.9 Å². The maximum absolute atomic E-state index is 12.2. The molecule has 3 heteroatoms. The lowest BCUT2D eigenvalue weighted by Crippen LogP contribution is -2.17. The van der Waals surface area contributed by atoms with Crippen molar-refractivity contribution in [2.24, 2.45) is 0 Å². The van der Waals surface area contributed by atoms with Crippen molar-refractivity contribution in [1.82, 2.24) is 0 Å². The van der Waals surface area contributed by atoms with Gasteiger partial charge in [-0.15, -0.1) is 0 Å². The lowest BCUT2D eigenvalue weighted by Gasteiger charge is -2.16. The Labute approximate surface area is 150 Å². The fourth-order valence-electron chi connectivity index (χ4n) is 3.06. The lowest BCUT2D eigenvalue weighted by molar-refractivity contribution is -0.160. The van der Waals surface area contributed by atoms with E-state index in [1.807, 2.05) is 74.5 Å². The predicted molar refractivity (Wildman–Crippen MR) is 99.3 cm³/mol. The molecule has 0 aliphatic heterocycles. The molecule has 132 valence electrons. The summed E-state index contributed by atoms with van der Waals surface area (Å²) in [5.41, 5.74) is 2.20. The summed E-state index contributed by atoms with van der Waals surface area (Å²) in [5, 5.41) is 0. The fourth-order valence-corrected chi connectivity index (χ4v) is 3.06. The molecular weight excluding hydrogens is 312 g/mol. The Kier molecular flexibility index (Phi) is 7.39. The molecule has 0 fully saturated rings. The normalized spacial score (nSPS) is 13.0. The molecule has 2 aromatic rings. The first kappa shape index (κ1) is 18.9. The third-order valence-corrected chi connectivity index (χ3v) is 4.58. The molecular formula is C22H26O3. The Morgan fingerprint density at radius 3 is 1.40 bits per heavy atom. The van der Waals surface area contributed by atoms with Gasteiger partial charge in [0.1, 0.15) is 0 Å². The average Bonchev–Trinajstić information content (AvgIpc) is 2.65. The van der Waals surface area contributed by atoms with E-state index in [2.05, 4.69) is 0 Å². The molecule has 0 aliphatic rings. The summed E-state index contributed by atoms with van der Waals surface area (Å²) in [6.45, 7) is 4.07. The maximum Gasteiger partial charge on any atom is 0.314 e. The largest absolute Gasteiger partial charge is 0.393 e. The van der Waals surface area contributed by atoms with E-state index in [0.717, 1.165) is 24.0 Å². The van der Waals surface area contributed by atoms with Gasteiger partial charge in [0.15, 0.2) is 0 Å². The number of carbonyl (C=O) groups excluding carboxylic acids is 2. The first-order valence-corrected chi connectivity index (χ1v) is 8.97. The first-order valence-electron chi connectivity index (χ1n) is 8.97. The fraction of sp³-hybridized carbons (Fsp3) is 0.364. The topological polar surface area (TPSA) is 43.4 Å². The van der Waals surface area contributed by atoms with Crippen LogP contribution in [0.4, 0.5) is 0 Å². The van der Waals surface area contributed by atoms with Gasteiger partial charge in [-0.05, 0) is 35.8 Å². The SMILES string of the molecule is CCC(CC(=O)OC(=O)CC(CC)c1ccccc1)c1ccccc1. The zero-order valence-electron chi connectivity index (χ0n) is 15.0. The molecule has 0 bridgehead atoms. The van der Waals surface area contributed by atoms with Crippen molar-refractivity contribution >= 4 is 11.9 Å². The van der Waals surface area contributed by atoms with E-state index in [0.29, 0.717) is 0 Å². The molecule has 2 unspecified atom stereocenters. The van der Waals surface area contributed by atoms with Crippen molar-refractivity contribution in [3.8, 4) is 0 Å². The van der Waals surface area contributed by atoms with E-state index >= 15 is 0 Å². The second-order valence-electron chi connectivity index (χ2n) is 6.29. The molecule has 0 N–H and O–H groups in total. The number of ether oxygens (including phenoxy) is 1. The molecule has 0 spiro atoms. The van der Waals surface area contributed by atoms with Crippen LogP contribution >= 0.6 is 0 Å². The monoisotopic (exact) mass is 338 g/mol. The van der Waals surface area contributed by atoms with Crippen molar-refractivity contribution in [1.29, 1.82) is 0 Å². The van der Waals surface area contributed by atoms with Gasteiger partial charge in [-0.3, -0.25) is 9.59 Å². The molecule has 2 atom stereocenters. The Hall–Kier alpha value is -2.42. The lowest BCUT2D eigenvalue weighted by atomic mass is 9.93. The quantitative estimate of drug-likeness (QED) is 0.489. The Morgan fingerprint density at radius 1 is 0.720 bits per heavy atom. The van der Waals surface area contributed by atoms with Crippen molar-refractivity contribution < 1.29 is 14.3 Å². The number of rotatable bonds is 8. The van der Waals surface area contributed by atoms with Crippen LogP contribution in [-0.2, 0) is 14.3 Å². The maximum atomic E-state index is 12.2. The van der Waals surface area contributed by atoms with Crippen LogP contribution in [0.1, 0.15) is 62.5 Å². The molecule has 0 radical (unpaired) electrons. The van der Waals surface area contributed by atoms with Gasteiger partial charge < -0.3 is 4.74 Å². The van der Waals surface area contributed by atoms with E-state index in [1.54, 1.807) is 0 Å². The van der Waals surface area contributed by atoms with E-state index < -0.39 is 11.9 Å². The molecule has 0 saturated heterocycles. The minimum atomic E-state index is -0.441. The summed E-state index contributed by atoms with van der Waals surface area (Å²) < 4.78 is 5.08. The summed E-state index contributed by atoms with van der Waals surface area (Å²) >= 11 is 0. The second kappa shape index (κ2) is 9.77. The Morgan fingerprint density at radius 2 is 1.08 bits per heavy atom. The molecule has 0 aromatic heterocycles. The van der Waals surface area contributed by atoms with Gasteiger partial charge in [0.05, 0.1) is 12.8 Å². The summed E-state index contributed by atoms with van der Waals surface area (Å²) in [6.07, 6.45) is 2.12. The van der Waals surface area contributed by atoms with Gasteiger partial charge in [-0.1, -0.05) is 74.5 Å². The Bertz CT molecular complexity index is 605. The molecule has 0 aliphatic carbocycles. The van der Waals surface area contributed by atoms with E-state index in [9.17, 15) is 9.59 Å². The standard InChI is InChI=1S/C22H26O3/c1-3-17(19-11-7-5-8-12-19)15-21(23)25-22(24)16-18(4-2)20-13-9-6-10-14-20/h5-14,17-18H,3-4,15-16H2,1-2H3. The van der Waals surface area contributed by atoms with E-state index in [1.165, 1.54) is 0 Å². The van der Waals surface area contributed by atoms with Gasteiger partial charge in [-0.2, -0.15) is 0 Å². The minimum absolute atomic E-state index is 0.0811. The number of benzene rings is 2. The van der Waals surface area contributed by atoms with Gasteiger partial charge in [0.2, 0.25) is 0 Å². The molecule has 2 aromatic carbocycles. The van der Waals surface area contributed by atoms with Crippen LogP contribution in [0.3, 0.4) is 0 Å². The van der Waals surface area contributed by atoms with Crippen LogP contribution in [0.25, 0.3) is 0 Å².